The molecule has 3 heterocycles. The van der Waals surface area contributed by atoms with Crippen molar-refractivity contribution >= 4 is 23.3 Å². The van der Waals surface area contributed by atoms with E-state index >= 15 is 0 Å². The Hall–Kier alpha value is -2.22. The fourth-order valence-electron chi connectivity index (χ4n) is 5.95. The molecule has 7 nitrogen and oxygen atoms in total. The average molecular weight is 484 g/mol. The van der Waals surface area contributed by atoms with Crippen molar-refractivity contribution in [3.63, 3.8) is 0 Å². The second-order valence-corrected chi connectivity index (χ2v) is 11.1. The topological polar surface area (TPSA) is 81.6 Å². The van der Waals surface area contributed by atoms with E-state index < -0.39 is 6.10 Å². The van der Waals surface area contributed by atoms with Gasteiger partial charge in [-0.1, -0.05) is 30.7 Å². The van der Waals surface area contributed by atoms with Crippen LogP contribution in [0, 0.1) is 0 Å². The van der Waals surface area contributed by atoms with Crippen LogP contribution in [0.4, 0.5) is 5.82 Å². The summed E-state index contributed by atoms with van der Waals surface area (Å²) >= 11 is 6.32. The molecule has 8 heteroatoms. The SMILES string of the molecule is C[C@@H]1C[C@@H](O)c2ncnc(N3CCN(C(=O)C(c4cccc(Cl)c4)[C@@H]4CCC(C)(C)N4)CC3)c21. The van der Waals surface area contributed by atoms with E-state index in [9.17, 15) is 9.90 Å². The zero-order chi connectivity index (χ0) is 24.0. The van der Waals surface area contributed by atoms with E-state index in [2.05, 4.69) is 41.0 Å². The first-order chi connectivity index (χ1) is 16.2. The van der Waals surface area contributed by atoms with Crippen molar-refractivity contribution in [3.05, 3.63) is 52.4 Å². The van der Waals surface area contributed by atoms with Crippen LogP contribution in [-0.4, -0.2) is 63.6 Å². The number of aliphatic hydroxyl groups is 1. The number of carbonyl (C=O) groups is 1. The van der Waals surface area contributed by atoms with Crippen LogP contribution in [0.2, 0.25) is 5.02 Å². The van der Waals surface area contributed by atoms with Crippen molar-refractivity contribution in [2.45, 2.75) is 69.6 Å². The van der Waals surface area contributed by atoms with Gasteiger partial charge in [0.05, 0.1) is 17.7 Å². The number of hydrogen-bond donors (Lipinski definition) is 2. The van der Waals surface area contributed by atoms with Crippen molar-refractivity contribution < 1.29 is 9.90 Å². The number of nitrogens with zero attached hydrogens (tertiary/aromatic N) is 4. The summed E-state index contributed by atoms with van der Waals surface area (Å²) in [5, 5.41) is 14.7. The molecule has 0 radical (unpaired) electrons. The van der Waals surface area contributed by atoms with Gasteiger partial charge in [-0.05, 0) is 56.7 Å². The first-order valence-electron chi connectivity index (χ1n) is 12.3. The molecule has 2 N–H and O–H groups in total. The van der Waals surface area contributed by atoms with Crippen LogP contribution in [0.25, 0.3) is 0 Å². The van der Waals surface area contributed by atoms with Crippen molar-refractivity contribution in [2.24, 2.45) is 0 Å². The number of halogens is 1. The van der Waals surface area contributed by atoms with E-state index in [-0.39, 0.29) is 29.3 Å². The van der Waals surface area contributed by atoms with E-state index in [0.717, 1.165) is 35.5 Å². The minimum atomic E-state index is -0.517. The number of amides is 1. The van der Waals surface area contributed by atoms with Crippen LogP contribution in [-0.2, 0) is 4.79 Å². The van der Waals surface area contributed by atoms with Crippen LogP contribution < -0.4 is 10.2 Å². The lowest BCUT2D eigenvalue weighted by molar-refractivity contribution is -0.133. The normalized spacial score (nSPS) is 27.0. The summed E-state index contributed by atoms with van der Waals surface area (Å²) < 4.78 is 0. The van der Waals surface area contributed by atoms with Crippen LogP contribution in [0.15, 0.2) is 30.6 Å². The van der Waals surface area contributed by atoms with Crippen molar-refractivity contribution in [2.75, 3.05) is 31.1 Å². The molecule has 1 aliphatic carbocycles. The van der Waals surface area contributed by atoms with Crippen LogP contribution in [0.1, 0.15) is 74.8 Å². The summed E-state index contributed by atoms with van der Waals surface area (Å²) in [5.74, 6) is 1.04. The van der Waals surface area contributed by atoms with E-state index in [1.807, 2.05) is 29.2 Å². The number of piperazine rings is 1. The fourth-order valence-corrected chi connectivity index (χ4v) is 6.15. The summed E-state index contributed by atoms with van der Waals surface area (Å²) in [6.45, 7) is 9.22. The monoisotopic (exact) mass is 483 g/mol. The van der Waals surface area contributed by atoms with Gasteiger partial charge in [0.15, 0.2) is 0 Å². The molecular weight excluding hydrogens is 450 g/mol. The lowest BCUT2D eigenvalue weighted by Gasteiger charge is -2.39. The van der Waals surface area contributed by atoms with E-state index in [1.165, 1.54) is 0 Å². The summed E-state index contributed by atoms with van der Waals surface area (Å²) in [7, 11) is 0. The molecule has 0 bridgehead atoms. The van der Waals surface area contributed by atoms with Crippen molar-refractivity contribution in [3.8, 4) is 0 Å². The van der Waals surface area contributed by atoms with Crippen LogP contribution in [0.5, 0.6) is 0 Å². The van der Waals surface area contributed by atoms with Gasteiger partial charge in [0, 0.05) is 48.3 Å². The summed E-state index contributed by atoms with van der Waals surface area (Å²) in [4.78, 5) is 27.0. The second-order valence-electron chi connectivity index (χ2n) is 10.7. The highest BCUT2D eigenvalue weighted by molar-refractivity contribution is 6.30. The lowest BCUT2D eigenvalue weighted by Crippen LogP contribution is -2.53. The third-order valence-corrected chi connectivity index (χ3v) is 7.94. The number of hydrogen-bond acceptors (Lipinski definition) is 6. The minimum absolute atomic E-state index is 0.0229. The molecule has 2 fully saturated rings. The molecule has 182 valence electrons. The Morgan fingerprint density at radius 3 is 2.68 bits per heavy atom. The van der Waals surface area contributed by atoms with Crippen molar-refractivity contribution in [1.29, 1.82) is 0 Å². The van der Waals surface area contributed by atoms with Gasteiger partial charge in [0.1, 0.15) is 12.1 Å². The molecule has 34 heavy (non-hydrogen) atoms. The number of nitrogens with one attached hydrogen (secondary N) is 1. The number of fused-ring (bicyclic) bond motifs is 1. The lowest BCUT2D eigenvalue weighted by atomic mass is 9.88. The quantitative estimate of drug-likeness (QED) is 0.691. The molecule has 1 unspecified atom stereocenters. The Bertz CT molecular complexity index is 1070. The highest BCUT2D eigenvalue weighted by Gasteiger charge is 2.41. The van der Waals surface area contributed by atoms with Gasteiger partial charge in [-0.25, -0.2) is 9.97 Å². The molecule has 2 aliphatic heterocycles. The average Bonchev–Trinajstić information content (AvgIpc) is 3.32. The first-order valence-corrected chi connectivity index (χ1v) is 12.7. The zero-order valence-corrected chi connectivity index (χ0v) is 20.9. The Labute approximate surface area is 206 Å². The summed E-state index contributed by atoms with van der Waals surface area (Å²) in [5.41, 5.74) is 2.82. The number of anilines is 1. The summed E-state index contributed by atoms with van der Waals surface area (Å²) in [6.07, 6.45) is 3.72. The first kappa shape index (κ1) is 23.5. The molecule has 0 spiro atoms. The van der Waals surface area contributed by atoms with Gasteiger partial charge in [-0.15, -0.1) is 0 Å². The smallest absolute Gasteiger partial charge is 0.231 e. The Morgan fingerprint density at radius 2 is 2.00 bits per heavy atom. The maximum atomic E-state index is 13.9. The molecule has 2 saturated heterocycles. The molecule has 1 aromatic carbocycles. The molecule has 5 rings (SSSR count). The maximum Gasteiger partial charge on any atom is 0.231 e. The molecular formula is C26H34ClN5O2. The van der Waals surface area contributed by atoms with E-state index in [0.29, 0.717) is 37.6 Å². The number of aliphatic hydroxyl groups excluding tert-OH is 1. The molecule has 1 amide bonds. The second kappa shape index (κ2) is 9.10. The maximum absolute atomic E-state index is 13.9. The number of aromatic nitrogens is 2. The van der Waals surface area contributed by atoms with Crippen LogP contribution >= 0.6 is 11.6 Å². The molecule has 3 aliphatic rings. The van der Waals surface area contributed by atoms with E-state index in [1.54, 1.807) is 6.33 Å². The highest BCUT2D eigenvalue weighted by atomic mass is 35.5. The predicted octanol–water partition coefficient (Wildman–Crippen LogP) is 3.63. The highest BCUT2D eigenvalue weighted by Crippen LogP contribution is 2.43. The molecule has 0 saturated carbocycles. The van der Waals surface area contributed by atoms with E-state index in [4.69, 9.17) is 11.6 Å². The summed E-state index contributed by atoms with van der Waals surface area (Å²) in [6, 6.07) is 7.83. The Balaban J connectivity index is 1.34. The third-order valence-electron chi connectivity index (χ3n) is 7.70. The van der Waals surface area contributed by atoms with Gasteiger partial charge < -0.3 is 20.2 Å². The molecule has 1 aromatic heterocycles. The van der Waals surface area contributed by atoms with Gasteiger partial charge in [-0.2, -0.15) is 0 Å². The third kappa shape index (κ3) is 4.41. The van der Waals surface area contributed by atoms with Gasteiger partial charge in [0.25, 0.3) is 0 Å². The fraction of sp³-hybridized carbons (Fsp3) is 0.577. The minimum Gasteiger partial charge on any atom is -0.387 e. The van der Waals surface area contributed by atoms with Crippen LogP contribution in [0.3, 0.4) is 0 Å². The number of carbonyl (C=O) groups excluding carboxylic acids is 1. The number of rotatable bonds is 4. The molecule has 4 atom stereocenters. The van der Waals surface area contributed by atoms with Crippen molar-refractivity contribution in [1.82, 2.24) is 20.2 Å². The predicted molar refractivity (Wildman–Crippen MR) is 133 cm³/mol. The largest absolute Gasteiger partial charge is 0.387 e. The van der Waals surface area contributed by atoms with Gasteiger partial charge in [-0.3, -0.25) is 4.79 Å². The standard InChI is InChI=1S/C26H34ClN5O2/c1-16-13-20(33)23-21(16)24(29-15-28-23)31-9-11-32(12-10-31)25(34)22(17-5-4-6-18(27)14-17)19-7-8-26(2,3)30-19/h4-6,14-16,19-20,22,30,33H,7-13H2,1-3H3/t16-,19+,20-,22?/m1/s1. The molecule has 2 aromatic rings. The Morgan fingerprint density at radius 1 is 1.24 bits per heavy atom. The van der Waals surface area contributed by atoms with Gasteiger partial charge in [0.2, 0.25) is 5.91 Å². The number of benzene rings is 1. The van der Waals surface area contributed by atoms with Gasteiger partial charge >= 0.3 is 0 Å². The Kier molecular flexibility index (Phi) is 6.29. The zero-order valence-electron chi connectivity index (χ0n) is 20.2.